The van der Waals surface area contributed by atoms with E-state index in [1.54, 1.807) is 17.0 Å². The van der Waals surface area contributed by atoms with Gasteiger partial charge in [0.05, 0.1) is 11.4 Å². The Hall–Kier alpha value is -1.93. The highest BCUT2D eigenvalue weighted by Gasteiger charge is 2.31. The molecule has 1 aliphatic heterocycles. The summed E-state index contributed by atoms with van der Waals surface area (Å²) in [5.41, 5.74) is 1.60. The molecule has 1 aromatic rings. The van der Waals surface area contributed by atoms with Crippen molar-refractivity contribution >= 4 is 27.5 Å². The van der Waals surface area contributed by atoms with Gasteiger partial charge in [0.25, 0.3) is 0 Å². The molecule has 0 saturated heterocycles. The van der Waals surface area contributed by atoms with Crippen molar-refractivity contribution in [1.29, 1.82) is 0 Å². The van der Waals surface area contributed by atoms with Crippen molar-refractivity contribution in [1.82, 2.24) is 9.62 Å². The van der Waals surface area contributed by atoms with Crippen molar-refractivity contribution in [3.8, 4) is 0 Å². The highest BCUT2D eigenvalue weighted by molar-refractivity contribution is 7.89. The third kappa shape index (κ3) is 4.80. The Bertz CT molecular complexity index is 876. The van der Waals surface area contributed by atoms with E-state index in [9.17, 15) is 18.0 Å². The summed E-state index contributed by atoms with van der Waals surface area (Å²) in [6.07, 6.45) is 7.12. The van der Waals surface area contributed by atoms with Crippen LogP contribution in [0.5, 0.6) is 0 Å². The van der Waals surface area contributed by atoms with Crippen LogP contribution in [-0.4, -0.2) is 50.2 Å². The van der Waals surface area contributed by atoms with Crippen LogP contribution >= 0.6 is 0 Å². The van der Waals surface area contributed by atoms with Gasteiger partial charge in [0, 0.05) is 31.7 Å². The number of carbonyl (C=O) groups is 2. The van der Waals surface area contributed by atoms with Crippen LogP contribution < -0.4 is 10.2 Å². The van der Waals surface area contributed by atoms with Crippen LogP contribution in [0.1, 0.15) is 57.9 Å². The molecular weight excluding hydrogens is 390 g/mol. The summed E-state index contributed by atoms with van der Waals surface area (Å²) in [6, 6.07) is 4.97. The number of fused-ring (bicyclic) bond motifs is 1. The first kappa shape index (κ1) is 21.8. The summed E-state index contributed by atoms with van der Waals surface area (Å²) in [5.74, 6) is -0.320. The van der Waals surface area contributed by atoms with Crippen LogP contribution in [0.3, 0.4) is 0 Å². The van der Waals surface area contributed by atoms with Gasteiger partial charge in [-0.2, -0.15) is 4.31 Å². The van der Waals surface area contributed by atoms with E-state index in [2.05, 4.69) is 5.32 Å². The Labute approximate surface area is 173 Å². The maximum Gasteiger partial charge on any atom is 0.243 e. The third-order valence-electron chi connectivity index (χ3n) is 5.90. The van der Waals surface area contributed by atoms with Crippen LogP contribution in [0.4, 0.5) is 5.69 Å². The molecule has 1 heterocycles. The number of nitrogens with zero attached hydrogens (tertiary/aromatic N) is 2. The number of nitrogens with one attached hydrogen (secondary N) is 1. The number of carbonyl (C=O) groups excluding carboxylic acids is 2. The average Bonchev–Trinajstić information content (AvgIpc) is 2.79. The first-order valence-corrected chi connectivity index (χ1v) is 11.8. The van der Waals surface area contributed by atoms with E-state index in [0.717, 1.165) is 41.2 Å². The maximum absolute atomic E-state index is 13.0. The molecule has 0 spiro atoms. The van der Waals surface area contributed by atoms with Crippen molar-refractivity contribution in [3.05, 3.63) is 23.8 Å². The second kappa shape index (κ2) is 8.83. The van der Waals surface area contributed by atoms with Gasteiger partial charge in [-0.15, -0.1) is 0 Å². The van der Waals surface area contributed by atoms with Crippen molar-refractivity contribution in [2.24, 2.45) is 0 Å². The summed E-state index contributed by atoms with van der Waals surface area (Å²) in [6.45, 7) is 3.25. The number of hydrogen-bond donors (Lipinski definition) is 1. The summed E-state index contributed by atoms with van der Waals surface area (Å²) in [5, 5.41) is 2.99. The van der Waals surface area contributed by atoms with E-state index in [-0.39, 0.29) is 35.3 Å². The Kier molecular flexibility index (Phi) is 6.63. The van der Waals surface area contributed by atoms with Crippen LogP contribution in [0.15, 0.2) is 23.1 Å². The average molecular weight is 422 g/mol. The molecule has 2 aliphatic rings. The zero-order chi connectivity index (χ0) is 21.2. The van der Waals surface area contributed by atoms with Gasteiger partial charge in [-0.1, -0.05) is 25.7 Å². The highest BCUT2D eigenvalue weighted by Crippen LogP contribution is 2.34. The van der Waals surface area contributed by atoms with Gasteiger partial charge in [-0.3, -0.25) is 9.59 Å². The zero-order valence-electron chi connectivity index (χ0n) is 17.5. The van der Waals surface area contributed by atoms with Crippen molar-refractivity contribution < 1.29 is 18.0 Å². The molecule has 1 fully saturated rings. The monoisotopic (exact) mass is 421 g/mol. The molecule has 0 unspecified atom stereocenters. The molecule has 29 heavy (non-hydrogen) atoms. The molecule has 160 valence electrons. The normalized spacial score (nSPS) is 20.4. The van der Waals surface area contributed by atoms with Crippen LogP contribution in [0.25, 0.3) is 0 Å². The summed E-state index contributed by atoms with van der Waals surface area (Å²) in [7, 11) is -2.36. The first-order chi connectivity index (χ1) is 13.7. The van der Waals surface area contributed by atoms with Crippen LogP contribution in [0.2, 0.25) is 0 Å². The molecule has 1 aromatic carbocycles. The highest BCUT2D eigenvalue weighted by atomic mass is 32.2. The molecular formula is C21H31N3O4S. The van der Waals surface area contributed by atoms with E-state index in [1.807, 2.05) is 6.92 Å². The van der Waals surface area contributed by atoms with Gasteiger partial charge < -0.3 is 10.2 Å². The van der Waals surface area contributed by atoms with E-state index < -0.39 is 10.0 Å². The topological polar surface area (TPSA) is 86.8 Å². The molecule has 0 bridgehead atoms. The van der Waals surface area contributed by atoms with Gasteiger partial charge in [0.1, 0.15) is 0 Å². The number of anilines is 1. The van der Waals surface area contributed by atoms with E-state index in [1.165, 1.54) is 32.9 Å². The van der Waals surface area contributed by atoms with Gasteiger partial charge in [-0.25, -0.2) is 8.42 Å². The smallest absolute Gasteiger partial charge is 0.243 e. The first-order valence-electron chi connectivity index (χ1n) is 10.4. The minimum Gasteiger partial charge on any atom is -0.352 e. The quantitative estimate of drug-likeness (QED) is 0.740. The summed E-state index contributed by atoms with van der Waals surface area (Å²) < 4.78 is 27.1. The maximum atomic E-state index is 13.0. The second-order valence-electron chi connectivity index (χ2n) is 8.25. The SMILES string of the molecule is CC(=O)N1c2ccc(S(=O)(=O)N(C)CC(=O)NC3CCCCCC3)cc2C[C@@H]1C. The van der Waals surface area contributed by atoms with Crippen molar-refractivity contribution in [2.45, 2.75) is 75.8 Å². The number of rotatable bonds is 5. The van der Waals surface area contributed by atoms with E-state index in [0.29, 0.717) is 6.42 Å². The molecule has 3 rings (SSSR count). The Morgan fingerprint density at radius 1 is 1.17 bits per heavy atom. The van der Waals surface area contributed by atoms with Crippen LogP contribution in [0, 0.1) is 0 Å². The fourth-order valence-corrected chi connectivity index (χ4v) is 5.59. The fourth-order valence-electron chi connectivity index (χ4n) is 4.41. The van der Waals surface area contributed by atoms with Crippen LogP contribution in [-0.2, 0) is 26.0 Å². The van der Waals surface area contributed by atoms with Crippen molar-refractivity contribution in [2.75, 3.05) is 18.5 Å². The molecule has 1 aliphatic carbocycles. The van der Waals surface area contributed by atoms with Gasteiger partial charge in [-0.05, 0) is 49.9 Å². The lowest BCUT2D eigenvalue weighted by atomic mass is 10.1. The molecule has 0 aromatic heterocycles. The van der Waals surface area contributed by atoms with E-state index >= 15 is 0 Å². The molecule has 2 amide bonds. The Morgan fingerprint density at radius 3 is 2.45 bits per heavy atom. The Balaban J connectivity index is 1.69. The molecule has 0 radical (unpaired) electrons. The second-order valence-corrected chi connectivity index (χ2v) is 10.3. The number of sulfonamides is 1. The van der Waals surface area contributed by atoms with E-state index in [4.69, 9.17) is 0 Å². The Morgan fingerprint density at radius 2 is 1.83 bits per heavy atom. The predicted octanol–water partition coefficient (Wildman–Crippen LogP) is 2.44. The molecule has 1 N–H and O–H groups in total. The lowest BCUT2D eigenvalue weighted by Crippen LogP contribution is -2.42. The molecule has 7 nitrogen and oxygen atoms in total. The largest absolute Gasteiger partial charge is 0.352 e. The fraction of sp³-hybridized carbons (Fsp3) is 0.619. The molecule has 8 heteroatoms. The third-order valence-corrected chi connectivity index (χ3v) is 7.70. The predicted molar refractivity (Wildman–Crippen MR) is 112 cm³/mol. The number of amides is 2. The van der Waals surface area contributed by atoms with Gasteiger partial charge in [0.15, 0.2) is 0 Å². The summed E-state index contributed by atoms with van der Waals surface area (Å²) in [4.78, 5) is 26.1. The lowest BCUT2D eigenvalue weighted by molar-refractivity contribution is -0.122. The van der Waals surface area contributed by atoms with Crippen molar-refractivity contribution in [3.63, 3.8) is 0 Å². The molecule has 1 saturated carbocycles. The standard InChI is InChI=1S/C21H31N3O4S/c1-15-12-17-13-19(10-11-20(17)24(15)16(2)25)29(27,28)23(3)14-21(26)22-18-8-6-4-5-7-9-18/h10-11,13,15,18H,4-9,12,14H2,1-3H3,(H,22,26)/t15-/m0/s1. The zero-order valence-corrected chi connectivity index (χ0v) is 18.3. The van der Waals surface area contributed by atoms with Gasteiger partial charge in [0.2, 0.25) is 21.8 Å². The number of benzene rings is 1. The minimum atomic E-state index is -3.79. The number of likely N-dealkylation sites (N-methyl/N-ethyl adjacent to an activating group) is 1. The molecule has 1 atom stereocenters. The number of hydrogen-bond acceptors (Lipinski definition) is 4. The summed E-state index contributed by atoms with van der Waals surface area (Å²) >= 11 is 0. The van der Waals surface area contributed by atoms with Gasteiger partial charge >= 0.3 is 0 Å². The minimum absolute atomic E-state index is 0.00327. The lowest BCUT2D eigenvalue weighted by Gasteiger charge is -2.22.